The molecule has 0 radical (unpaired) electrons. The summed E-state index contributed by atoms with van der Waals surface area (Å²) in [4.78, 5) is 24.9. The van der Waals surface area contributed by atoms with Crippen LogP contribution in [-0.2, 0) is 13.1 Å². The van der Waals surface area contributed by atoms with Gasteiger partial charge in [-0.15, -0.1) is 0 Å². The predicted octanol–water partition coefficient (Wildman–Crippen LogP) is 10.7. The van der Waals surface area contributed by atoms with Crippen molar-refractivity contribution in [1.82, 2.24) is 9.13 Å². The third-order valence-corrected chi connectivity index (χ3v) is 9.15. The zero-order valence-corrected chi connectivity index (χ0v) is 30.4. The van der Waals surface area contributed by atoms with Gasteiger partial charge in [0.15, 0.2) is 0 Å². The van der Waals surface area contributed by atoms with E-state index >= 15 is 0 Å². The van der Waals surface area contributed by atoms with E-state index in [1.165, 1.54) is 30.3 Å². The number of benzene rings is 4. The minimum atomic E-state index is -0.353. The summed E-state index contributed by atoms with van der Waals surface area (Å²) in [5.74, 6) is 0.610. The number of ether oxygens (including phenoxy) is 2. The second-order valence-electron chi connectivity index (χ2n) is 11.2. The van der Waals surface area contributed by atoms with Crippen LogP contribution in [0.15, 0.2) is 113 Å². The molecule has 51 heavy (non-hydrogen) atoms. The zero-order valence-electron chi connectivity index (χ0n) is 28.1. The van der Waals surface area contributed by atoms with Crippen molar-refractivity contribution in [2.45, 2.75) is 26.9 Å². The topological polar surface area (TPSA) is 62.5 Å². The Morgan fingerprint density at radius 3 is 1.43 bits per heavy atom. The smallest absolute Gasteiger partial charge is 0.269 e. The van der Waals surface area contributed by atoms with Crippen molar-refractivity contribution in [3.05, 3.63) is 151 Å². The molecular formula is C40H33Cl3F2N2O4. The van der Waals surface area contributed by atoms with Crippen molar-refractivity contribution >= 4 is 34.8 Å². The van der Waals surface area contributed by atoms with Gasteiger partial charge in [-0.1, -0.05) is 34.8 Å². The Balaban J connectivity index is 0.000000198. The SMILES string of the molecule is CCn1c(-c2ccc(F)cc2)c(-c2cc(OC)ccc2Cl)cc(Cl)c1=O.CCn1c(-c2ccc(F)cc2)c(-c2cc(OC)ccc2Cl)ccc1=O. The Morgan fingerprint density at radius 1 is 0.529 bits per heavy atom. The van der Waals surface area contributed by atoms with E-state index in [4.69, 9.17) is 44.3 Å². The molecule has 0 N–H and O–H groups in total. The average Bonchev–Trinajstić information content (AvgIpc) is 3.14. The van der Waals surface area contributed by atoms with Crippen molar-refractivity contribution in [3.8, 4) is 56.3 Å². The minimum absolute atomic E-state index is 0.0894. The lowest BCUT2D eigenvalue weighted by Gasteiger charge is -2.18. The average molecular weight is 750 g/mol. The molecule has 6 rings (SSSR count). The zero-order chi connectivity index (χ0) is 36.8. The van der Waals surface area contributed by atoms with Crippen LogP contribution in [0.3, 0.4) is 0 Å². The lowest BCUT2D eigenvalue weighted by molar-refractivity contribution is 0.415. The van der Waals surface area contributed by atoms with Crippen LogP contribution in [-0.4, -0.2) is 23.4 Å². The second kappa shape index (κ2) is 16.4. The van der Waals surface area contributed by atoms with Gasteiger partial charge in [0.05, 0.1) is 25.6 Å². The maximum atomic E-state index is 13.4. The number of halogens is 5. The maximum Gasteiger partial charge on any atom is 0.269 e. The molecule has 0 spiro atoms. The molecule has 0 aliphatic rings. The summed E-state index contributed by atoms with van der Waals surface area (Å²) in [7, 11) is 3.15. The molecule has 4 aromatic carbocycles. The Morgan fingerprint density at radius 2 is 0.980 bits per heavy atom. The molecule has 0 unspecified atom stereocenters. The van der Waals surface area contributed by atoms with Crippen molar-refractivity contribution in [2.24, 2.45) is 0 Å². The first-order valence-electron chi connectivity index (χ1n) is 15.9. The van der Waals surface area contributed by atoms with Crippen LogP contribution in [0.1, 0.15) is 13.8 Å². The molecule has 2 heterocycles. The van der Waals surface area contributed by atoms with Crippen molar-refractivity contribution in [2.75, 3.05) is 14.2 Å². The highest BCUT2D eigenvalue weighted by atomic mass is 35.5. The van der Waals surface area contributed by atoms with Gasteiger partial charge in [0.25, 0.3) is 11.1 Å². The highest BCUT2D eigenvalue weighted by molar-refractivity contribution is 6.34. The molecule has 0 bridgehead atoms. The van der Waals surface area contributed by atoms with Crippen LogP contribution in [0.2, 0.25) is 15.1 Å². The highest BCUT2D eigenvalue weighted by Crippen LogP contribution is 2.39. The summed E-state index contributed by atoms with van der Waals surface area (Å²) in [6.45, 7) is 4.63. The van der Waals surface area contributed by atoms with E-state index in [1.54, 1.807) is 90.1 Å². The van der Waals surface area contributed by atoms with Crippen LogP contribution in [0.5, 0.6) is 11.5 Å². The summed E-state index contributed by atoms with van der Waals surface area (Å²) in [6.07, 6.45) is 0. The molecule has 0 aliphatic heterocycles. The number of nitrogens with zero attached hydrogens (tertiary/aromatic N) is 2. The molecule has 6 nitrogen and oxygen atoms in total. The quantitative estimate of drug-likeness (QED) is 0.155. The molecule has 0 saturated heterocycles. The number of hydrogen-bond acceptors (Lipinski definition) is 4. The van der Waals surface area contributed by atoms with Crippen LogP contribution in [0.25, 0.3) is 44.8 Å². The number of methoxy groups -OCH3 is 2. The van der Waals surface area contributed by atoms with Gasteiger partial charge in [0, 0.05) is 51.5 Å². The first-order chi connectivity index (χ1) is 24.5. The van der Waals surface area contributed by atoms with Gasteiger partial charge < -0.3 is 18.6 Å². The van der Waals surface area contributed by atoms with Crippen molar-refractivity contribution in [3.63, 3.8) is 0 Å². The fourth-order valence-corrected chi connectivity index (χ4v) is 6.41. The number of hydrogen-bond donors (Lipinski definition) is 0. The van der Waals surface area contributed by atoms with Crippen LogP contribution >= 0.6 is 34.8 Å². The molecule has 0 saturated carbocycles. The highest BCUT2D eigenvalue weighted by Gasteiger charge is 2.19. The summed E-state index contributed by atoms with van der Waals surface area (Å²) in [5, 5.41) is 1.13. The first kappa shape index (κ1) is 37.4. The minimum Gasteiger partial charge on any atom is -0.497 e. The lowest BCUT2D eigenvalue weighted by atomic mass is 9.98. The monoisotopic (exact) mass is 748 g/mol. The Kier molecular flexibility index (Phi) is 12.0. The molecule has 2 aromatic heterocycles. The second-order valence-corrected chi connectivity index (χ2v) is 12.4. The normalized spacial score (nSPS) is 10.8. The molecule has 0 fully saturated rings. The lowest BCUT2D eigenvalue weighted by Crippen LogP contribution is -2.22. The third-order valence-electron chi connectivity index (χ3n) is 8.22. The predicted molar refractivity (Wildman–Crippen MR) is 203 cm³/mol. The van der Waals surface area contributed by atoms with Crippen LogP contribution in [0, 0.1) is 11.6 Å². The number of pyridine rings is 2. The van der Waals surface area contributed by atoms with Gasteiger partial charge in [0.1, 0.15) is 28.2 Å². The van der Waals surface area contributed by atoms with E-state index < -0.39 is 0 Å². The molecular weight excluding hydrogens is 717 g/mol. The standard InChI is InChI=1S/C20H16Cl2FNO2.C20H17ClFNO2/c1-3-24-19(12-4-6-13(23)7-5-12)16(11-18(22)20(24)25)15-10-14(26-2)8-9-17(15)21;1-3-23-19(24)11-9-16(17-12-15(25-2)8-10-18(17)21)20(23)13-4-6-14(22)7-5-13/h4-11H,3H2,1-2H3;4-12H,3H2,1-2H3. The van der Waals surface area contributed by atoms with Crippen molar-refractivity contribution in [1.29, 1.82) is 0 Å². The van der Waals surface area contributed by atoms with Gasteiger partial charge in [-0.3, -0.25) is 9.59 Å². The van der Waals surface area contributed by atoms with E-state index in [0.717, 1.165) is 16.7 Å². The van der Waals surface area contributed by atoms with E-state index in [2.05, 4.69) is 0 Å². The summed E-state index contributed by atoms with van der Waals surface area (Å²) < 4.78 is 40.5. The van der Waals surface area contributed by atoms with Gasteiger partial charge in [0.2, 0.25) is 0 Å². The van der Waals surface area contributed by atoms with Crippen LogP contribution < -0.4 is 20.6 Å². The summed E-state index contributed by atoms with van der Waals surface area (Å²) >= 11 is 19.0. The van der Waals surface area contributed by atoms with Crippen molar-refractivity contribution < 1.29 is 18.3 Å². The molecule has 0 atom stereocenters. The van der Waals surface area contributed by atoms with E-state index in [9.17, 15) is 18.4 Å². The molecule has 11 heteroatoms. The first-order valence-corrected chi connectivity index (χ1v) is 17.0. The van der Waals surface area contributed by atoms with Gasteiger partial charge in [-0.05, 0) is 122 Å². The van der Waals surface area contributed by atoms with Gasteiger partial charge >= 0.3 is 0 Å². The fraction of sp³-hybridized carbons (Fsp3) is 0.150. The molecule has 262 valence electrons. The number of aromatic nitrogens is 2. The van der Waals surface area contributed by atoms with E-state index in [1.807, 2.05) is 19.9 Å². The van der Waals surface area contributed by atoms with Crippen LogP contribution in [0.4, 0.5) is 8.78 Å². The molecule has 0 aliphatic carbocycles. The third kappa shape index (κ3) is 8.04. The molecule has 0 amide bonds. The summed E-state index contributed by atoms with van der Waals surface area (Å²) in [6, 6.07) is 27.5. The largest absolute Gasteiger partial charge is 0.497 e. The Labute approximate surface area is 309 Å². The molecule has 6 aromatic rings. The Hall–Kier alpha value is -4.89. The maximum absolute atomic E-state index is 13.4. The fourth-order valence-electron chi connectivity index (χ4n) is 5.76. The van der Waals surface area contributed by atoms with Gasteiger partial charge in [-0.25, -0.2) is 8.78 Å². The van der Waals surface area contributed by atoms with E-state index in [0.29, 0.717) is 62.7 Å². The summed E-state index contributed by atoms with van der Waals surface area (Å²) in [5.41, 5.74) is 5.22. The van der Waals surface area contributed by atoms with E-state index in [-0.39, 0.29) is 27.8 Å². The Bertz CT molecular complexity index is 2310. The van der Waals surface area contributed by atoms with Gasteiger partial charge in [-0.2, -0.15) is 0 Å². The number of rotatable bonds is 8.